The highest BCUT2D eigenvalue weighted by Gasteiger charge is 2.42. The van der Waals surface area contributed by atoms with Gasteiger partial charge in [0.15, 0.2) is 0 Å². The molecule has 0 unspecified atom stereocenters. The van der Waals surface area contributed by atoms with E-state index in [-0.39, 0.29) is 23.6 Å². The molecule has 1 aromatic rings. The van der Waals surface area contributed by atoms with Crippen molar-refractivity contribution in [2.75, 3.05) is 33.2 Å². The average Bonchev–Trinajstić information content (AvgIpc) is 2.87. The van der Waals surface area contributed by atoms with Crippen molar-refractivity contribution in [3.05, 3.63) is 39.4 Å². The molecule has 0 bridgehead atoms. The molecule has 10 heteroatoms. The van der Waals surface area contributed by atoms with E-state index in [1.165, 1.54) is 19.2 Å². The van der Waals surface area contributed by atoms with Crippen LogP contribution in [0.4, 0.5) is 5.69 Å². The third-order valence-electron chi connectivity index (χ3n) is 4.38. The molecule has 27 heavy (non-hydrogen) atoms. The molecule has 0 N–H and O–H groups in total. The minimum Gasteiger partial charge on any atom is -0.342 e. The largest absolute Gasteiger partial charge is 0.342 e. The molecule has 1 aliphatic rings. The predicted molar refractivity (Wildman–Crippen MR) is 94.0 cm³/mol. The molecule has 0 spiro atoms. The van der Waals surface area contributed by atoms with Gasteiger partial charge in [-0.05, 0) is 19.9 Å². The van der Waals surface area contributed by atoms with Gasteiger partial charge in [0.05, 0.1) is 17.0 Å². The van der Waals surface area contributed by atoms with Crippen LogP contribution in [0.25, 0.3) is 0 Å². The SMILES string of the molecule is CCN(CC)C(=O)CN(C)C(=O)CN1C(=O)c2cccc([N+](=O)[O-])c2C1=O. The number of nitro benzene ring substituents is 1. The van der Waals surface area contributed by atoms with Crippen molar-refractivity contribution in [1.82, 2.24) is 14.7 Å². The maximum absolute atomic E-state index is 12.5. The van der Waals surface area contributed by atoms with Gasteiger partial charge in [-0.25, -0.2) is 0 Å². The summed E-state index contributed by atoms with van der Waals surface area (Å²) in [6.07, 6.45) is 0. The number of likely N-dealkylation sites (N-methyl/N-ethyl adjacent to an activating group) is 2. The van der Waals surface area contributed by atoms with Gasteiger partial charge in [0.1, 0.15) is 12.1 Å². The van der Waals surface area contributed by atoms with E-state index in [0.29, 0.717) is 18.0 Å². The Morgan fingerprint density at radius 3 is 2.30 bits per heavy atom. The molecule has 144 valence electrons. The Balaban J connectivity index is 2.14. The van der Waals surface area contributed by atoms with E-state index in [2.05, 4.69) is 0 Å². The highest BCUT2D eigenvalue weighted by atomic mass is 16.6. The molecule has 0 atom stereocenters. The number of imide groups is 1. The summed E-state index contributed by atoms with van der Waals surface area (Å²) in [4.78, 5) is 63.0. The Labute approximate surface area is 155 Å². The fourth-order valence-corrected chi connectivity index (χ4v) is 2.83. The van der Waals surface area contributed by atoms with Crippen molar-refractivity contribution in [3.8, 4) is 0 Å². The number of hydrogen-bond donors (Lipinski definition) is 0. The lowest BCUT2D eigenvalue weighted by atomic mass is 10.1. The fourth-order valence-electron chi connectivity index (χ4n) is 2.83. The van der Waals surface area contributed by atoms with E-state index in [9.17, 15) is 29.3 Å². The van der Waals surface area contributed by atoms with Gasteiger partial charge < -0.3 is 9.80 Å². The minimum atomic E-state index is -0.890. The third kappa shape index (κ3) is 3.78. The zero-order chi connectivity index (χ0) is 20.3. The number of hydrogen-bond acceptors (Lipinski definition) is 6. The molecule has 1 heterocycles. The van der Waals surface area contributed by atoms with Crippen LogP contribution in [0.15, 0.2) is 18.2 Å². The van der Waals surface area contributed by atoms with Gasteiger partial charge in [-0.15, -0.1) is 0 Å². The van der Waals surface area contributed by atoms with Gasteiger partial charge >= 0.3 is 0 Å². The Hall–Kier alpha value is -3.30. The molecule has 1 aromatic carbocycles. The number of nitrogens with zero attached hydrogens (tertiary/aromatic N) is 4. The molecule has 0 aliphatic carbocycles. The van der Waals surface area contributed by atoms with Crippen LogP contribution in [-0.2, 0) is 9.59 Å². The van der Waals surface area contributed by atoms with Gasteiger partial charge in [0.25, 0.3) is 17.5 Å². The van der Waals surface area contributed by atoms with E-state index in [1.807, 2.05) is 13.8 Å². The molecule has 10 nitrogen and oxygen atoms in total. The molecular weight excluding hydrogens is 356 g/mol. The predicted octanol–water partition coefficient (Wildman–Crippen LogP) is 0.518. The van der Waals surface area contributed by atoms with Crippen molar-refractivity contribution in [2.45, 2.75) is 13.8 Å². The summed E-state index contributed by atoms with van der Waals surface area (Å²) in [5, 5.41) is 11.1. The molecule has 0 saturated heterocycles. The lowest BCUT2D eigenvalue weighted by Crippen LogP contribution is -2.45. The topological polar surface area (TPSA) is 121 Å². The van der Waals surface area contributed by atoms with E-state index >= 15 is 0 Å². The maximum Gasteiger partial charge on any atom is 0.282 e. The Bertz CT molecular complexity index is 818. The van der Waals surface area contributed by atoms with Gasteiger partial charge in [-0.2, -0.15) is 0 Å². The molecule has 4 amide bonds. The van der Waals surface area contributed by atoms with Crippen LogP contribution in [0.2, 0.25) is 0 Å². The first-order valence-electron chi connectivity index (χ1n) is 8.38. The summed E-state index contributed by atoms with van der Waals surface area (Å²) >= 11 is 0. The lowest BCUT2D eigenvalue weighted by Gasteiger charge is -2.24. The van der Waals surface area contributed by atoms with Crippen LogP contribution < -0.4 is 0 Å². The number of rotatable bonds is 7. The molecule has 0 saturated carbocycles. The lowest BCUT2D eigenvalue weighted by molar-refractivity contribution is -0.385. The van der Waals surface area contributed by atoms with Crippen LogP contribution >= 0.6 is 0 Å². The molecule has 0 fully saturated rings. The second kappa shape index (κ2) is 7.94. The fraction of sp³-hybridized carbons (Fsp3) is 0.412. The second-order valence-corrected chi connectivity index (χ2v) is 5.97. The quantitative estimate of drug-likeness (QED) is 0.388. The summed E-state index contributed by atoms with van der Waals surface area (Å²) in [6.45, 7) is 3.85. The zero-order valence-electron chi connectivity index (χ0n) is 15.3. The van der Waals surface area contributed by atoms with Crippen molar-refractivity contribution in [2.24, 2.45) is 0 Å². The zero-order valence-corrected chi connectivity index (χ0v) is 15.3. The number of carbonyl (C=O) groups is 4. The summed E-state index contributed by atoms with van der Waals surface area (Å²) < 4.78 is 0. The standard InChI is InChI=1S/C17H20N4O6/c1-4-19(5-2)14(23)9-18(3)13(22)10-20-16(24)11-7-6-8-12(21(26)27)15(11)17(20)25/h6-8H,4-5,9-10H2,1-3H3. The Kier molecular flexibility index (Phi) is 5.88. The molecule has 0 radical (unpaired) electrons. The molecule has 2 rings (SSSR count). The minimum absolute atomic E-state index is 0.108. The van der Waals surface area contributed by atoms with Crippen LogP contribution in [0.3, 0.4) is 0 Å². The van der Waals surface area contributed by atoms with Crippen molar-refractivity contribution in [3.63, 3.8) is 0 Å². The summed E-state index contributed by atoms with van der Waals surface area (Å²) in [5.41, 5.74) is -0.906. The Morgan fingerprint density at radius 2 is 1.74 bits per heavy atom. The van der Waals surface area contributed by atoms with E-state index in [4.69, 9.17) is 0 Å². The molecular formula is C17H20N4O6. The highest BCUT2D eigenvalue weighted by molar-refractivity contribution is 6.24. The van der Waals surface area contributed by atoms with E-state index < -0.39 is 34.9 Å². The van der Waals surface area contributed by atoms with Crippen LogP contribution in [0.1, 0.15) is 34.6 Å². The smallest absolute Gasteiger partial charge is 0.282 e. The summed E-state index contributed by atoms with van der Waals surface area (Å²) in [5.74, 6) is -2.53. The summed E-state index contributed by atoms with van der Waals surface area (Å²) in [6, 6.07) is 3.74. The van der Waals surface area contributed by atoms with Crippen LogP contribution in [0, 0.1) is 10.1 Å². The monoisotopic (exact) mass is 376 g/mol. The van der Waals surface area contributed by atoms with Gasteiger partial charge in [-0.1, -0.05) is 6.07 Å². The van der Waals surface area contributed by atoms with Crippen LogP contribution in [-0.4, -0.2) is 76.5 Å². The first-order valence-corrected chi connectivity index (χ1v) is 8.38. The molecule has 0 aromatic heterocycles. The van der Waals surface area contributed by atoms with Gasteiger partial charge in [-0.3, -0.25) is 34.2 Å². The highest BCUT2D eigenvalue weighted by Crippen LogP contribution is 2.30. The number of nitro groups is 1. The van der Waals surface area contributed by atoms with Crippen molar-refractivity contribution < 1.29 is 24.1 Å². The Morgan fingerprint density at radius 1 is 1.11 bits per heavy atom. The maximum atomic E-state index is 12.5. The van der Waals surface area contributed by atoms with Gasteiger partial charge in [0.2, 0.25) is 11.8 Å². The van der Waals surface area contributed by atoms with E-state index in [0.717, 1.165) is 11.0 Å². The first kappa shape index (κ1) is 20.0. The van der Waals surface area contributed by atoms with Crippen LogP contribution in [0.5, 0.6) is 0 Å². The number of benzene rings is 1. The normalized spacial score (nSPS) is 12.8. The van der Waals surface area contributed by atoms with Crippen molar-refractivity contribution in [1.29, 1.82) is 0 Å². The third-order valence-corrected chi connectivity index (χ3v) is 4.38. The van der Waals surface area contributed by atoms with E-state index in [1.54, 1.807) is 4.90 Å². The number of fused-ring (bicyclic) bond motifs is 1. The molecule has 1 aliphatic heterocycles. The van der Waals surface area contributed by atoms with Crippen molar-refractivity contribution >= 4 is 29.3 Å². The average molecular weight is 376 g/mol. The first-order chi connectivity index (χ1) is 12.7. The summed E-state index contributed by atoms with van der Waals surface area (Å²) in [7, 11) is 1.39. The second-order valence-electron chi connectivity index (χ2n) is 5.97. The number of amides is 4. The van der Waals surface area contributed by atoms with Gasteiger partial charge in [0, 0.05) is 26.2 Å². The number of carbonyl (C=O) groups excluding carboxylic acids is 4.